The minimum atomic E-state index is -0.364. The van der Waals surface area contributed by atoms with E-state index in [1.807, 2.05) is 0 Å². The van der Waals surface area contributed by atoms with Gasteiger partial charge in [-0.25, -0.2) is 0 Å². The summed E-state index contributed by atoms with van der Waals surface area (Å²) in [4.78, 5) is 12.2. The Morgan fingerprint density at radius 1 is 1.11 bits per heavy atom. The van der Waals surface area contributed by atoms with E-state index in [0.29, 0.717) is 6.61 Å². The summed E-state index contributed by atoms with van der Waals surface area (Å²) >= 11 is 0. The lowest BCUT2D eigenvalue weighted by Gasteiger charge is -2.26. The summed E-state index contributed by atoms with van der Waals surface area (Å²) in [6.07, 6.45) is 11.3. The lowest BCUT2D eigenvalue weighted by molar-refractivity contribution is -0.151. The third-order valence-electron chi connectivity index (χ3n) is 4.04. The predicted molar refractivity (Wildman–Crippen MR) is 79.2 cm³/mol. The fourth-order valence-electron chi connectivity index (χ4n) is 2.91. The van der Waals surface area contributed by atoms with Gasteiger partial charge in [-0.2, -0.15) is 0 Å². The Kier molecular flexibility index (Phi) is 8.11. The maximum Gasteiger partial charge on any atom is 0.326 e. The van der Waals surface area contributed by atoms with Gasteiger partial charge in [0, 0.05) is 0 Å². The first kappa shape index (κ1) is 16.5. The molecule has 1 fully saturated rings. The summed E-state index contributed by atoms with van der Waals surface area (Å²) in [5.41, 5.74) is -0.364. The van der Waals surface area contributed by atoms with Crippen molar-refractivity contribution in [2.45, 2.75) is 83.6 Å². The highest BCUT2D eigenvalue weighted by molar-refractivity contribution is 5.81. The molecule has 1 rings (SSSR count). The van der Waals surface area contributed by atoms with Crippen molar-refractivity contribution < 1.29 is 9.53 Å². The molecule has 0 bridgehead atoms. The van der Waals surface area contributed by atoms with Crippen molar-refractivity contribution in [3.63, 3.8) is 0 Å². The SMILES string of the molecule is CCCCCCCCOC(=O)C1(CCC)CCCN1. The Morgan fingerprint density at radius 2 is 1.84 bits per heavy atom. The molecule has 1 N–H and O–H groups in total. The topological polar surface area (TPSA) is 38.3 Å². The van der Waals surface area contributed by atoms with Gasteiger partial charge in [-0.05, 0) is 32.2 Å². The van der Waals surface area contributed by atoms with Crippen LogP contribution in [0.4, 0.5) is 0 Å². The van der Waals surface area contributed by atoms with Gasteiger partial charge >= 0.3 is 5.97 Å². The largest absolute Gasteiger partial charge is 0.464 e. The van der Waals surface area contributed by atoms with Crippen molar-refractivity contribution >= 4 is 5.97 Å². The minimum Gasteiger partial charge on any atom is -0.464 e. The van der Waals surface area contributed by atoms with Crippen LogP contribution < -0.4 is 5.32 Å². The second-order valence-electron chi connectivity index (χ2n) is 5.77. The third kappa shape index (κ3) is 5.52. The van der Waals surface area contributed by atoms with Crippen LogP contribution in [0.2, 0.25) is 0 Å². The van der Waals surface area contributed by atoms with E-state index in [9.17, 15) is 4.79 Å². The summed E-state index contributed by atoms with van der Waals surface area (Å²) in [6.45, 7) is 5.90. The normalized spacial score (nSPS) is 22.6. The lowest BCUT2D eigenvalue weighted by atomic mass is 9.92. The van der Waals surface area contributed by atoms with E-state index in [1.54, 1.807) is 0 Å². The molecular formula is C16H31NO2. The molecule has 19 heavy (non-hydrogen) atoms. The van der Waals surface area contributed by atoms with Gasteiger partial charge < -0.3 is 10.1 Å². The van der Waals surface area contributed by atoms with Crippen molar-refractivity contribution in [3.05, 3.63) is 0 Å². The summed E-state index contributed by atoms with van der Waals surface area (Å²) in [5, 5.41) is 3.37. The zero-order valence-electron chi connectivity index (χ0n) is 12.8. The van der Waals surface area contributed by atoms with Gasteiger partial charge in [0.15, 0.2) is 0 Å². The maximum absolute atomic E-state index is 12.2. The number of carbonyl (C=O) groups excluding carboxylic acids is 1. The van der Waals surface area contributed by atoms with Crippen LogP contribution in [0.3, 0.4) is 0 Å². The number of rotatable bonds is 10. The molecule has 0 radical (unpaired) electrons. The van der Waals surface area contributed by atoms with Gasteiger partial charge in [-0.3, -0.25) is 4.79 Å². The quantitative estimate of drug-likeness (QED) is 0.484. The number of hydrogen-bond acceptors (Lipinski definition) is 3. The highest BCUT2D eigenvalue weighted by Gasteiger charge is 2.41. The number of ether oxygens (including phenoxy) is 1. The van der Waals surface area contributed by atoms with Gasteiger partial charge in [0.1, 0.15) is 5.54 Å². The number of carbonyl (C=O) groups is 1. The van der Waals surface area contributed by atoms with Gasteiger partial charge in [0.05, 0.1) is 6.61 Å². The van der Waals surface area contributed by atoms with Crippen LogP contribution in [-0.4, -0.2) is 24.7 Å². The lowest BCUT2D eigenvalue weighted by Crippen LogP contribution is -2.48. The Balaban J connectivity index is 2.15. The number of esters is 1. The molecule has 3 heteroatoms. The van der Waals surface area contributed by atoms with Crippen molar-refractivity contribution in [3.8, 4) is 0 Å². The molecular weight excluding hydrogens is 238 g/mol. The second-order valence-corrected chi connectivity index (χ2v) is 5.77. The Hall–Kier alpha value is -0.570. The zero-order valence-corrected chi connectivity index (χ0v) is 12.8. The predicted octanol–water partition coefficient (Wildman–Crippen LogP) is 3.81. The van der Waals surface area contributed by atoms with E-state index in [0.717, 1.165) is 38.6 Å². The first-order valence-corrected chi connectivity index (χ1v) is 8.17. The molecule has 1 saturated heterocycles. The van der Waals surface area contributed by atoms with Crippen molar-refractivity contribution in [2.75, 3.05) is 13.2 Å². The molecule has 0 aliphatic carbocycles. The number of nitrogens with one attached hydrogen (secondary N) is 1. The van der Waals surface area contributed by atoms with E-state index < -0.39 is 0 Å². The molecule has 1 unspecified atom stereocenters. The second kappa shape index (κ2) is 9.35. The summed E-state index contributed by atoms with van der Waals surface area (Å²) < 4.78 is 5.49. The van der Waals surface area contributed by atoms with Crippen LogP contribution >= 0.6 is 0 Å². The molecule has 0 spiro atoms. The molecule has 1 aliphatic rings. The summed E-state index contributed by atoms with van der Waals surface area (Å²) in [7, 11) is 0. The van der Waals surface area contributed by atoms with Gasteiger partial charge in [0.25, 0.3) is 0 Å². The Morgan fingerprint density at radius 3 is 2.47 bits per heavy atom. The first-order chi connectivity index (χ1) is 9.25. The average Bonchev–Trinajstić information content (AvgIpc) is 2.88. The van der Waals surface area contributed by atoms with E-state index in [1.165, 1.54) is 32.1 Å². The van der Waals surface area contributed by atoms with Crippen LogP contribution in [0.1, 0.15) is 78.1 Å². The average molecular weight is 269 g/mol. The molecule has 1 aliphatic heterocycles. The first-order valence-electron chi connectivity index (χ1n) is 8.17. The fourth-order valence-corrected chi connectivity index (χ4v) is 2.91. The number of hydrogen-bond donors (Lipinski definition) is 1. The van der Waals surface area contributed by atoms with Crippen LogP contribution in [0, 0.1) is 0 Å². The zero-order chi connectivity index (χ0) is 14.0. The van der Waals surface area contributed by atoms with E-state index in [-0.39, 0.29) is 11.5 Å². The molecule has 112 valence electrons. The van der Waals surface area contributed by atoms with Crippen LogP contribution in [0.25, 0.3) is 0 Å². The molecule has 0 saturated carbocycles. The van der Waals surface area contributed by atoms with E-state index >= 15 is 0 Å². The molecule has 1 atom stereocenters. The van der Waals surface area contributed by atoms with Gasteiger partial charge in [-0.15, -0.1) is 0 Å². The highest BCUT2D eigenvalue weighted by Crippen LogP contribution is 2.26. The minimum absolute atomic E-state index is 0.0135. The highest BCUT2D eigenvalue weighted by atomic mass is 16.5. The van der Waals surface area contributed by atoms with Crippen molar-refractivity contribution in [1.29, 1.82) is 0 Å². The molecule has 0 aromatic rings. The smallest absolute Gasteiger partial charge is 0.326 e. The van der Waals surface area contributed by atoms with Crippen molar-refractivity contribution in [1.82, 2.24) is 5.32 Å². The molecule has 0 aromatic carbocycles. The molecule has 0 aromatic heterocycles. The number of unbranched alkanes of at least 4 members (excludes halogenated alkanes) is 5. The van der Waals surface area contributed by atoms with E-state index in [2.05, 4.69) is 19.2 Å². The monoisotopic (exact) mass is 269 g/mol. The maximum atomic E-state index is 12.2. The molecule has 3 nitrogen and oxygen atoms in total. The van der Waals surface area contributed by atoms with Crippen LogP contribution in [0.15, 0.2) is 0 Å². The standard InChI is InChI=1S/C16H31NO2/c1-3-5-6-7-8-9-14-19-15(18)16(11-4-2)12-10-13-17-16/h17H,3-14H2,1-2H3. The van der Waals surface area contributed by atoms with Gasteiger partial charge in [0.2, 0.25) is 0 Å². The van der Waals surface area contributed by atoms with Crippen molar-refractivity contribution in [2.24, 2.45) is 0 Å². The molecule has 1 heterocycles. The van der Waals surface area contributed by atoms with Crippen LogP contribution in [-0.2, 0) is 9.53 Å². The summed E-state index contributed by atoms with van der Waals surface area (Å²) in [5.74, 6) is -0.0135. The summed E-state index contributed by atoms with van der Waals surface area (Å²) in [6, 6.07) is 0. The third-order valence-corrected chi connectivity index (χ3v) is 4.04. The van der Waals surface area contributed by atoms with Gasteiger partial charge in [-0.1, -0.05) is 52.4 Å². The fraction of sp³-hybridized carbons (Fsp3) is 0.938. The Bertz CT molecular complexity index is 247. The van der Waals surface area contributed by atoms with E-state index in [4.69, 9.17) is 4.74 Å². The Labute approximate surface area is 118 Å². The van der Waals surface area contributed by atoms with Crippen LogP contribution in [0.5, 0.6) is 0 Å². The molecule has 0 amide bonds.